The van der Waals surface area contributed by atoms with E-state index in [-0.39, 0.29) is 11.3 Å². The molecule has 0 radical (unpaired) electrons. The van der Waals surface area contributed by atoms with E-state index in [1.54, 1.807) is 24.5 Å². The average Bonchev–Trinajstić information content (AvgIpc) is 3.37. The largest absolute Gasteiger partial charge is 0.376 e. The Morgan fingerprint density at radius 3 is 2.68 bits per heavy atom. The van der Waals surface area contributed by atoms with Gasteiger partial charge in [0.15, 0.2) is 0 Å². The molecule has 0 unspecified atom stereocenters. The van der Waals surface area contributed by atoms with Crippen molar-refractivity contribution < 1.29 is 9.53 Å². The number of amides is 1. The number of para-hydroxylation sites is 1. The molecule has 3 aliphatic heterocycles. The molecule has 2 aromatic rings. The average molecular weight is 377 g/mol. The molecular formula is C23H27N3O2. The number of carbonyl (C=O) groups is 1. The second kappa shape index (κ2) is 7.21. The molecule has 0 saturated carbocycles. The van der Waals surface area contributed by atoms with Crippen LogP contribution in [0.25, 0.3) is 0 Å². The molecule has 28 heavy (non-hydrogen) atoms. The van der Waals surface area contributed by atoms with Gasteiger partial charge >= 0.3 is 0 Å². The van der Waals surface area contributed by atoms with Crippen LogP contribution in [-0.2, 0) is 10.2 Å². The molecule has 1 atom stereocenters. The zero-order valence-electron chi connectivity index (χ0n) is 16.2. The van der Waals surface area contributed by atoms with Crippen molar-refractivity contribution in [3.63, 3.8) is 0 Å². The molecular weight excluding hydrogens is 350 g/mol. The van der Waals surface area contributed by atoms with E-state index in [0.717, 1.165) is 51.2 Å². The van der Waals surface area contributed by atoms with Gasteiger partial charge in [0.05, 0.1) is 6.10 Å². The van der Waals surface area contributed by atoms with Gasteiger partial charge in [-0.1, -0.05) is 18.2 Å². The summed E-state index contributed by atoms with van der Waals surface area (Å²) in [7, 11) is 0. The lowest BCUT2D eigenvalue weighted by Gasteiger charge is -2.40. The molecule has 0 bridgehead atoms. The first kappa shape index (κ1) is 17.7. The number of piperidine rings is 1. The van der Waals surface area contributed by atoms with Crippen LogP contribution in [0.2, 0.25) is 0 Å². The topological polar surface area (TPSA) is 45.7 Å². The van der Waals surface area contributed by atoms with Crippen molar-refractivity contribution in [3.8, 4) is 0 Å². The summed E-state index contributed by atoms with van der Waals surface area (Å²) in [5.74, 6) is 0.125. The fourth-order valence-corrected chi connectivity index (χ4v) is 5.17. The summed E-state index contributed by atoms with van der Waals surface area (Å²) in [6.07, 6.45) is 8.11. The van der Waals surface area contributed by atoms with Gasteiger partial charge in [0.1, 0.15) is 0 Å². The van der Waals surface area contributed by atoms with Crippen molar-refractivity contribution in [1.29, 1.82) is 0 Å². The Kier molecular flexibility index (Phi) is 4.55. The van der Waals surface area contributed by atoms with E-state index < -0.39 is 0 Å². The molecule has 2 saturated heterocycles. The first-order valence-electron chi connectivity index (χ1n) is 10.4. The van der Waals surface area contributed by atoms with Crippen molar-refractivity contribution in [1.82, 2.24) is 9.88 Å². The minimum atomic E-state index is 0.125. The van der Waals surface area contributed by atoms with Crippen LogP contribution in [0.3, 0.4) is 0 Å². The number of rotatable bonds is 3. The number of ether oxygens (including phenoxy) is 1. The van der Waals surface area contributed by atoms with Crippen LogP contribution >= 0.6 is 0 Å². The number of benzene rings is 1. The van der Waals surface area contributed by atoms with Crippen LogP contribution in [-0.4, -0.2) is 54.7 Å². The van der Waals surface area contributed by atoms with Crippen LogP contribution in [0, 0.1) is 0 Å². The van der Waals surface area contributed by atoms with Gasteiger partial charge in [0, 0.05) is 61.8 Å². The smallest absolute Gasteiger partial charge is 0.253 e. The molecule has 1 aromatic carbocycles. The molecule has 0 aliphatic carbocycles. The minimum absolute atomic E-state index is 0.125. The fraction of sp³-hybridized carbons (Fsp3) is 0.478. The predicted molar refractivity (Wildman–Crippen MR) is 109 cm³/mol. The van der Waals surface area contributed by atoms with Gasteiger partial charge in [0.2, 0.25) is 0 Å². The molecule has 4 heterocycles. The third-order valence-electron chi connectivity index (χ3n) is 6.69. The minimum Gasteiger partial charge on any atom is -0.376 e. The number of anilines is 1. The monoisotopic (exact) mass is 377 g/mol. The number of nitrogens with zero attached hydrogens (tertiary/aromatic N) is 3. The van der Waals surface area contributed by atoms with Crippen molar-refractivity contribution in [2.75, 3.05) is 37.7 Å². The zero-order chi connectivity index (χ0) is 19.0. The summed E-state index contributed by atoms with van der Waals surface area (Å²) in [5.41, 5.74) is 3.72. The van der Waals surface area contributed by atoms with Gasteiger partial charge in [-0.3, -0.25) is 9.78 Å². The summed E-state index contributed by atoms with van der Waals surface area (Å²) in [6.45, 7) is 4.55. The second-order valence-corrected chi connectivity index (χ2v) is 8.34. The van der Waals surface area contributed by atoms with E-state index in [2.05, 4.69) is 34.1 Å². The summed E-state index contributed by atoms with van der Waals surface area (Å²) >= 11 is 0. The van der Waals surface area contributed by atoms with Crippen molar-refractivity contribution in [2.45, 2.75) is 37.2 Å². The van der Waals surface area contributed by atoms with E-state index in [9.17, 15) is 4.79 Å². The lowest BCUT2D eigenvalue weighted by Crippen LogP contribution is -2.47. The third kappa shape index (κ3) is 3.08. The van der Waals surface area contributed by atoms with Gasteiger partial charge in [0.25, 0.3) is 5.91 Å². The van der Waals surface area contributed by atoms with E-state index in [1.807, 2.05) is 4.90 Å². The Balaban J connectivity index is 1.33. The molecule has 5 heteroatoms. The number of hydrogen-bond donors (Lipinski definition) is 0. The Hall–Kier alpha value is -2.40. The van der Waals surface area contributed by atoms with Crippen LogP contribution in [0.1, 0.15) is 41.6 Å². The molecule has 2 fully saturated rings. The van der Waals surface area contributed by atoms with Crippen LogP contribution in [0.4, 0.5) is 5.69 Å². The van der Waals surface area contributed by atoms with Gasteiger partial charge in [-0.15, -0.1) is 0 Å². The van der Waals surface area contributed by atoms with Gasteiger partial charge < -0.3 is 14.5 Å². The second-order valence-electron chi connectivity index (χ2n) is 8.34. The molecule has 5 rings (SSSR count). The summed E-state index contributed by atoms with van der Waals surface area (Å²) in [4.78, 5) is 21.4. The number of pyridine rings is 1. The SMILES string of the molecule is O=C(c1ccncc1)N1CCC2(CC1)CN(C[C@H]1CCCO1)c1ccccc12. The maximum Gasteiger partial charge on any atom is 0.253 e. The number of hydrogen-bond acceptors (Lipinski definition) is 4. The van der Waals surface area contributed by atoms with Crippen molar-refractivity contribution in [3.05, 3.63) is 59.9 Å². The molecule has 1 aromatic heterocycles. The third-order valence-corrected chi connectivity index (χ3v) is 6.69. The highest BCUT2D eigenvalue weighted by Gasteiger charge is 2.45. The Morgan fingerprint density at radius 2 is 1.93 bits per heavy atom. The summed E-state index contributed by atoms with van der Waals surface area (Å²) in [6, 6.07) is 12.5. The van der Waals surface area contributed by atoms with Crippen LogP contribution < -0.4 is 4.90 Å². The molecule has 5 nitrogen and oxygen atoms in total. The molecule has 0 N–H and O–H groups in total. The summed E-state index contributed by atoms with van der Waals surface area (Å²) < 4.78 is 5.90. The van der Waals surface area contributed by atoms with E-state index in [0.29, 0.717) is 6.10 Å². The number of likely N-dealkylation sites (tertiary alicyclic amines) is 1. The maximum absolute atomic E-state index is 12.8. The highest BCUT2D eigenvalue weighted by molar-refractivity contribution is 5.94. The Bertz CT molecular complexity index is 840. The molecule has 1 amide bonds. The normalized spacial score (nSPS) is 23.2. The lowest BCUT2D eigenvalue weighted by atomic mass is 9.74. The zero-order valence-corrected chi connectivity index (χ0v) is 16.2. The van der Waals surface area contributed by atoms with E-state index in [4.69, 9.17) is 4.74 Å². The van der Waals surface area contributed by atoms with Gasteiger partial charge in [-0.25, -0.2) is 0 Å². The molecule has 1 spiro atoms. The lowest BCUT2D eigenvalue weighted by molar-refractivity contribution is 0.0672. The first-order valence-corrected chi connectivity index (χ1v) is 10.4. The van der Waals surface area contributed by atoms with E-state index in [1.165, 1.54) is 24.1 Å². The standard InChI is InChI=1S/C23H27N3O2/c27-22(18-7-11-24-12-8-18)25-13-9-23(10-14-25)17-26(16-19-4-3-15-28-19)21-6-2-1-5-20(21)23/h1-2,5-8,11-12,19H,3-4,9-10,13-17H2/t19-/m1/s1. The van der Waals surface area contributed by atoms with Crippen molar-refractivity contribution >= 4 is 11.6 Å². The quantitative estimate of drug-likeness (QED) is 0.824. The van der Waals surface area contributed by atoms with E-state index >= 15 is 0 Å². The van der Waals surface area contributed by atoms with Crippen LogP contribution in [0.15, 0.2) is 48.8 Å². The van der Waals surface area contributed by atoms with Gasteiger partial charge in [-0.05, 0) is 49.4 Å². The predicted octanol–water partition coefficient (Wildman–Crippen LogP) is 3.25. The number of carbonyl (C=O) groups excluding carboxylic acids is 1. The van der Waals surface area contributed by atoms with Crippen LogP contribution in [0.5, 0.6) is 0 Å². The molecule has 3 aliphatic rings. The summed E-state index contributed by atoms with van der Waals surface area (Å²) in [5, 5.41) is 0. The fourth-order valence-electron chi connectivity index (χ4n) is 5.17. The number of fused-ring (bicyclic) bond motifs is 2. The maximum atomic E-state index is 12.8. The number of aromatic nitrogens is 1. The highest BCUT2D eigenvalue weighted by atomic mass is 16.5. The first-order chi connectivity index (χ1) is 13.8. The van der Waals surface area contributed by atoms with Gasteiger partial charge in [-0.2, -0.15) is 0 Å². The Labute approximate surface area is 166 Å². The highest BCUT2D eigenvalue weighted by Crippen LogP contribution is 2.47. The molecule has 146 valence electrons. The van der Waals surface area contributed by atoms with Crippen molar-refractivity contribution in [2.24, 2.45) is 0 Å². The Morgan fingerprint density at radius 1 is 1.14 bits per heavy atom.